The van der Waals surface area contributed by atoms with E-state index in [4.69, 9.17) is 5.73 Å². The van der Waals surface area contributed by atoms with Crippen molar-refractivity contribution in [3.8, 4) is 0 Å². The van der Waals surface area contributed by atoms with Crippen LogP contribution in [0.1, 0.15) is 40.0 Å². The first-order chi connectivity index (χ1) is 7.97. The van der Waals surface area contributed by atoms with Crippen LogP contribution in [0.2, 0.25) is 0 Å². The molecule has 0 unspecified atom stereocenters. The summed E-state index contributed by atoms with van der Waals surface area (Å²) in [6.07, 6.45) is 2.18. The quantitative estimate of drug-likeness (QED) is 0.650. The molecule has 0 fully saturated rings. The fourth-order valence-electron chi connectivity index (χ4n) is 1.46. The number of esters is 1. The van der Waals surface area contributed by atoms with Crippen molar-refractivity contribution in [2.45, 2.75) is 52.1 Å². The van der Waals surface area contributed by atoms with E-state index in [0.29, 0.717) is 6.42 Å². The maximum atomic E-state index is 11.8. The lowest BCUT2D eigenvalue weighted by Gasteiger charge is -2.21. The SMILES string of the molecule is CCC[C@H](NC(=O)[C@@H](N)[C@@H](C)CC)C(=O)OC. The first-order valence-electron chi connectivity index (χ1n) is 6.11. The molecule has 3 N–H and O–H groups in total. The van der Waals surface area contributed by atoms with E-state index in [2.05, 4.69) is 10.1 Å². The highest BCUT2D eigenvalue weighted by molar-refractivity contribution is 5.87. The van der Waals surface area contributed by atoms with Crippen molar-refractivity contribution in [2.75, 3.05) is 7.11 Å². The molecule has 0 aliphatic rings. The van der Waals surface area contributed by atoms with E-state index >= 15 is 0 Å². The van der Waals surface area contributed by atoms with Crippen molar-refractivity contribution in [2.24, 2.45) is 11.7 Å². The van der Waals surface area contributed by atoms with E-state index in [-0.39, 0.29) is 11.8 Å². The summed E-state index contributed by atoms with van der Waals surface area (Å²) in [6, 6.07) is -1.17. The van der Waals surface area contributed by atoms with E-state index < -0.39 is 18.1 Å². The van der Waals surface area contributed by atoms with Gasteiger partial charge in [-0.3, -0.25) is 4.79 Å². The number of hydrogen-bond acceptors (Lipinski definition) is 4. The molecule has 5 heteroatoms. The fraction of sp³-hybridized carbons (Fsp3) is 0.833. The Morgan fingerprint density at radius 3 is 2.35 bits per heavy atom. The molecule has 0 aliphatic carbocycles. The van der Waals surface area contributed by atoms with Crippen molar-refractivity contribution >= 4 is 11.9 Å². The van der Waals surface area contributed by atoms with Crippen LogP contribution in [0.4, 0.5) is 0 Å². The van der Waals surface area contributed by atoms with Crippen molar-refractivity contribution in [3.05, 3.63) is 0 Å². The van der Waals surface area contributed by atoms with E-state index in [1.54, 1.807) is 0 Å². The van der Waals surface area contributed by atoms with Gasteiger partial charge in [0.2, 0.25) is 5.91 Å². The average Bonchev–Trinajstić information content (AvgIpc) is 2.35. The zero-order valence-electron chi connectivity index (χ0n) is 11.2. The van der Waals surface area contributed by atoms with Gasteiger partial charge in [0, 0.05) is 0 Å². The minimum atomic E-state index is -0.590. The largest absolute Gasteiger partial charge is 0.467 e. The topological polar surface area (TPSA) is 81.4 Å². The van der Waals surface area contributed by atoms with Gasteiger partial charge in [-0.2, -0.15) is 0 Å². The van der Waals surface area contributed by atoms with Gasteiger partial charge in [0.15, 0.2) is 0 Å². The highest BCUT2D eigenvalue weighted by Crippen LogP contribution is 2.07. The molecule has 0 radical (unpaired) electrons. The summed E-state index contributed by atoms with van der Waals surface area (Å²) in [5, 5.41) is 2.65. The third-order valence-electron chi connectivity index (χ3n) is 2.94. The Morgan fingerprint density at radius 1 is 1.35 bits per heavy atom. The summed E-state index contributed by atoms with van der Waals surface area (Å²) in [7, 11) is 1.31. The van der Waals surface area contributed by atoms with Crippen molar-refractivity contribution in [3.63, 3.8) is 0 Å². The number of hydrogen-bond donors (Lipinski definition) is 2. The number of nitrogens with two attached hydrogens (primary N) is 1. The Bertz CT molecular complexity index is 256. The van der Waals surface area contributed by atoms with Gasteiger partial charge in [-0.25, -0.2) is 4.79 Å². The lowest BCUT2D eigenvalue weighted by Crippen LogP contribution is -2.50. The minimum absolute atomic E-state index is 0.0925. The van der Waals surface area contributed by atoms with E-state index in [9.17, 15) is 9.59 Å². The fourth-order valence-corrected chi connectivity index (χ4v) is 1.46. The average molecular weight is 244 g/mol. The standard InChI is InChI=1S/C12H24N2O3/c1-5-7-9(12(16)17-4)14-11(15)10(13)8(3)6-2/h8-10H,5-7,13H2,1-4H3,(H,14,15)/t8-,9-,10-/m0/s1. The van der Waals surface area contributed by atoms with Crippen LogP contribution in [0.25, 0.3) is 0 Å². The second kappa shape index (κ2) is 8.06. The summed E-state index contributed by atoms with van der Waals surface area (Å²) in [6.45, 7) is 5.83. The van der Waals surface area contributed by atoms with Gasteiger partial charge < -0.3 is 15.8 Å². The van der Waals surface area contributed by atoms with Crippen LogP contribution >= 0.6 is 0 Å². The van der Waals surface area contributed by atoms with Crippen LogP contribution in [0.5, 0.6) is 0 Å². The Hall–Kier alpha value is -1.10. The van der Waals surface area contributed by atoms with Crippen LogP contribution in [0.15, 0.2) is 0 Å². The molecule has 100 valence electrons. The van der Waals surface area contributed by atoms with Gasteiger partial charge in [0.05, 0.1) is 13.2 Å². The summed E-state index contributed by atoms with van der Waals surface area (Å²) < 4.78 is 4.64. The van der Waals surface area contributed by atoms with Crippen LogP contribution in [0.3, 0.4) is 0 Å². The monoisotopic (exact) mass is 244 g/mol. The van der Waals surface area contributed by atoms with Crippen LogP contribution in [-0.4, -0.2) is 31.1 Å². The predicted octanol–water partition coefficient (Wildman–Crippen LogP) is 0.818. The Morgan fingerprint density at radius 2 is 1.94 bits per heavy atom. The lowest BCUT2D eigenvalue weighted by atomic mass is 9.99. The number of carbonyl (C=O) groups is 2. The smallest absolute Gasteiger partial charge is 0.328 e. The molecule has 0 aromatic rings. The lowest BCUT2D eigenvalue weighted by molar-refractivity contribution is -0.145. The van der Waals surface area contributed by atoms with Gasteiger partial charge in [0.1, 0.15) is 6.04 Å². The van der Waals surface area contributed by atoms with Crippen molar-refractivity contribution < 1.29 is 14.3 Å². The van der Waals surface area contributed by atoms with E-state index in [1.807, 2.05) is 20.8 Å². The predicted molar refractivity (Wildman–Crippen MR) is 66.3 cm³/mol. The van der Waals surface area contributed by atoms with E-state index in [0.717, 1.165) is 12.8 Å². The second-order valence-electron chi connectivity index (χ2n) is 4.28. The normalized spacial score (nSPS) is 15.8. The first kappa shape index (κ1) is 15.9. The third-order valence-corrected chi connectivity index (χ3v) is 2.94. The summed E-state index contributed by atoms with van der Waals surface area (Å²) in [4.78, 5) is 23.2. The molecule has 0 heterocycles. The molecule has 0 aliphatic heterocycles. The molecule has 0 saturated carbocycles. The minimum Gasteiger partial charge on any atom is -0.467 e. The van der Waals surface area contributed by atoms with Gasteiger partial charge in [-0.05, 0) is 12.3 Å². The number of carbonyl (C=O) groups excluding carboxylic acids is 2. The molecule has 1 amide bonds. The van der Waals surface area contributed by atoms with Crippen molar-refractivity contribution in [1.82, 2.24) is 5.32 Å². The molecule has 0 aromatic carbocycles. The molecular weight excluding hydrogens is 220 g/mol. The van der Waals surface area contributed by atoms with Crippen LogP contribution in [0, 0.1) is 5.92 Å². The summed E-state index contributed by atoms with van der Waals surface area (Å²) in [5.41, 5.74) is 5.79. The van der Waals surface area contributed by atoms with Gasteiger partial charge in [-0.15, -0.1) is 0 Å². The molecule has 17 heavy (non-hydrogen) atoms. The van der Waals surface area contributed by atoms with Crippen molar-refractivity contribution in [1.29, 1.82) is 0 Å². The number of rotatable bonds is 7. The molecule has 0 aromatic heterocycles. The molecule has 3 atom stereocenters. The number of methoxy groups -OCH3 is 1. The Labute approximate surface area is 103 Å². The van der Waals surface area contributed by atoms with Gasteiger partial charge in [-0.1, -0.05) is 33.6 Å². The summed E-state index contributed by atoms with van der Waals surface area (Å²) >= 11 is 0. The van der Waals surface area contributed by atoms with Gasteiger partial charge in [0.25, 0.3) is 0 Å². The molecule has 0 rings (SSSR count). The zero-order valence-corrected chi connectivity index (χ0v) is 11.2. The maximum absolute atomic E-state index is 11.8. The van der Waals surface area contributed by atoms with Crippen LogP contribution < -0.4 is 11.1 Å². The molecule has 0 bridgehead atoms. The highest BCUT2D eigenvalue weighted by Gasteiger charge is 2.25. The Kier molecular flexibility index (Phi) is 7.54. The highest BCUT2D eigenvalue weighted by atomic mass is 16.5. The second-order valence-corrected chi connectivity index (χ2v) is 4.28. The maximum Gasteiger partial charge on any atom is 0.328 e. The molecule has 0 spiro atoms. The Balaban J connectivity index is 4.44. The first-order valence-corrected chi connectivity index (χ1v) is 6.11. The zero-order chi connectivity index (χ0) is 13.4. The molecule has 0 saturated heterocycles. The summed E-state index contributed by atoms with van der Waals surface area (Å²) in [5.74, 6) is -0.616. The number of amides is 1. The molecule has 5 nitrogen and oxygen atoms in total. The van der Waals surface area contributed by atoms with E-state index in [1.165, 1.54) is 7.11 Å². The van der Waals surface area contributed by atoms with Crippen LogP contribution in [-0.2, 0) is 14.3 Å². The number of nitrogens with one attached hydrogen (secondary N) is 1. The third kappa shape index (κ3) is 5.17. The van der Waals surface area contributed by atoms with Gasteiger partial charge >= 0.3 is 5.97 Å². The number of ether oxygens (including phenoxy) is 1. The molecular formula is C12H24N2O3.